The van der Waals surface area contributed by atoms with Crippen LogP contribution < -0.4 is 21.3 Å². The molecule has 1 heterocycles. The van der Waals surface area contributed by atoms with Gasteiger partial charge in [0.1, 0.15) is 29.2 Å². The molecule has 1 saturated heterocycles. The summed E-state index contributed by atoms with van der Waals surface area (Å²) in [5.41, 5.74) is 0. The number of Topliss-reactive ketones (excluding diaryl/α,β-unsaturated/α-hetero) is 7. The summed E-state index contributed by atoms with van der Waals surface area (Å²) in [5, 5.41) is 22.9. The predicted octanol–water partition coefficient (Wildman–Crippen LogP) is 10.6. The highest BCUT2D eigenvalue weighted by Crippen LogP contribution is 2.31. The summed E-state index contributed by atoms with van der Waals surface area (Å²) in [6, 6.07) is -4.25. The topological polar surface area (TPSA) is 256 Å². The number of amides is 4. The lowest BCUT2D eigenvalue weighted by atomic mass is 9.76. The molecule has 1 aliphatic carbocycles. The second-order valence-electron chi connectivity index (χ2n) is 27.0. The quantitative estimate of drug-likeness (QED) is 0.0960. The molecule has 0 spiro atoms. The molecule has 16 nitrogen and oxygen atoms in total. The maximum atomic E-state index is 14.5. The summed E-state index contributed by atoms with van der Waals surface area (Å²) in [5.74, 6) is -11.9. The van der Waals surface area contributed by atoms with Crippen molar-refractivity contribution in [3.63, 3.8) is 0 Å². The van der Waals surface area contributed by atoms with Gasteiger partial charge in [0, 0.05) is 81.0 Å². The van der Waals surface area contributed by atoms with Crippen molar-refractivity contribution >= 4 is 64.1 Å². The van der Waals surface area contributed by atoms with Crippen molar-refractivity contribution in [1.29, 1.82) is 0 Å². The second-order valence-corrected chi connectivity index (χ2v) is 27.0. The van der Waals surface area contributed by atoms with Gasteiger partial charge in [-0.2, -0.15) is 0 Å². The van der Waals surface area contributed by atoms with Gasteiger partial charge in [0.2, 0.25) is 23.6 Å². The third kappa shape index (κ3) is 28.8. The summed E-state index contributed by atoms with van der Waals surface area (Å²) in [6.45, 7) is 30.7. The third-order valence-corrected chi connectivity index (χ3v) is 16.5. The zero-order valence-corrected chi connectivity index (χ0v) is 54.4. The fourth-order valence-corrected chi connectivity index (χ4v) is 11.5. The van der Waals surface area contributed by atoms with Gasteiger partial charge < -0.3 is 26.4 Å². The Morgan fingerprint density at radius 1 is 0.446 bits per heavy atom. The molecule has 5 N–H and O–H groups in total. The van der Waals surface area contributed by atoms with E-state index in [4.69, 9.17) is 0 Å². The van der Waals surface area contributed by atoms with E-state index in [0.29, 0.717) is 25.7 Å². The van der Waals surface area contributed by atoms with Crippen molar-refractivity contribution in [1.82, 2.24) is 21.3 Å². The van der Waals surface area contributed by atoms with Crippen LogP contribution in [0.15, 0.2) is 12.2 Å². The number of hydrogen-bond acceptors (Lipinski definition) is 12. The smallest absolute Gasteiger partial charge is 0.242 e. The molecule has 12 atom stereocenters. The van der Waals surface area contributed by atoms with Crippen molar-refractivity contribution in [2.75, 3.05) is 0 Å². The van der Waals surface area contributed by atoms with E-state index >= 15 is 0 Å². The van der Waals surface area contributed by atoms with E-state index in [-0.39, 0.29) is 105 Å². The number of carbonyl (C=O) groups excluding carboxylic acids is 11. The fourth-order valence-electron chi connectivity index (χ4n) is 11.5. The zero-order valence-electron chi connectivity index (χ0n) is 54.4. The van der Waals surface area contributed by atoms with E-state index in [1.54, 1.807) is 41.5 Å². The first kappa shape index (κ1) is 76.3. The van der Waals surface area contributed by atoms with Gasteiger partial charge in [-0.15, -0.1) is 0 Å². The molecule has 0 radical (unpaired) electrons. The van der Waals surface area contributed by atoms with Crippen LogP contribution >= 0.6 is 0 Å². The van der Waals surface area contributed by atoms with Crippen LogP contribution in [0.25, 0.3) is 0 Å². The molecule has 0 aromatic carbocycles. The number of allylic oxidation sites excluding steroid dienone is 2. The highest BCUT2D eigenvalue weighted by atomic mass is 16.3. The van der Waals surface area contributed by atoms with E-state index in [1.165, 1.54) is 46.0 Å². The van der Waals surface area contributed by atoms with Crippen LogP contribution in [0.5, 0.6) is 0 Å². The molecule has 2 fully saturated rings. The Morgan fingerprint density at radius 2 is 0.880 bits per heavy atom. The molecule has 0 aromatic heterocycles. The molecule has 474 valence electrons. The summed E-state index contributed by atoms with van der Waals surface area (Å²) in [4.78, 5) is 155. The van der Waals surface area contributed by atoms with E-state index in [0.717, 1.165) is 0 Å². The Balaban J connectivity index is 0.00000650. The maximum absolute atomic E-state index is 14.5. The Labute approximate surface area is 500 Å². The number of hydrogen-bond donors (Lipinski definition) is 5. The highest BCUT2D eigenvalue weighted by Gasteiger charge is 2.40. The third-order valence-electron chi connectivity index (χ3n) is 16.5. The molecule has 83 heavy (non-hydrogen) atoms. The van der Waals surface area contributed by atoms with E-state index in [2.05, 4.69) is 21.3 Å². The lowest BCUT2D eigenvalue weighted by Crippen LogP contribution is -2.51. The van der Waals surface area contributed by atoms with Gasteiger partial charge in [0.05, 0.1) is 30.1 Å². The normalized spacial score (nSPS) is 27.7. The van der Waals surface area contributed by atoms with Crippen LogP contribution in [0.3, 0.4) is 0 Å². The summed E-state index contributed by atoms with van der Waals surface area (Å²) >= 11 is 0. The SMILES string of the molecule is C/C=C/C[C@@H](C)[C@@H](O)[C@H]1CC(=O)[C@H](C(C)C)CC(=O)C(CC(C)C)CC(=O)[C@@H](CC(C)C)CC(=O)[C@@H](C)NC(=O)[C@H](C)NC(=O)[C@H](CC(C)C)CC(=O)[C@H](C(C)C)NC(=O)[C@H](CC(C)C)CC(=O)CCC(=O)[C@H](CC)NC1=O.C1CCCC1. The average molecular weight is 1170 g/mol. The van der Waals surface area contributed by atoms with Gasteiger partial charge in [0.25, 0.3) is 0 Å². The van der Waals surface area contributed by atoms with Crippen LogP contribution in [-0.2, 0) is 52.7 Å². The number of carbonyl (C=O) groups is 11. The van der Waals surface area contributed by atoms with Crippen molar-refractivity contribution in [3.05, 3.63) is 12.2 Å². The van der Waals surface area contributed by atoms with Crippen LogP contribution in [0, 0.1) is 76.9 Å². The molecule has 2 aliphatic rings. The molecule has 2 rings (SSSR count). The fraction of sp³-hybridized carbons (Fsp3) is 0.806. The predicted molar refractivity (Wildman–Crippen MR) is 327 cm³/mol. The lowest BCUT2D eigenvalue weighted by molar-refractivity contribution is -0.139. The molecule has 1 aliphatic heterocycles. The average Bonchev–Trinajstić information content (AvgIpc) is 4.03. The Bertz CT molecular complexity index is 2130. The Hall–Kier alpha value is -4.73. The Morgan fingerprint density at radius 3 is 1.35 bits per heavy atom. The first-order chi connectivity index (χ1) is 38.7. The number of aliphatic hydroxyl groups excluding tert-OH is 1. The molecule has 0 bridgehead atoms. The van der Waals surface area contributed by atoms with E-state index in [1.807, 2.05) is 74.5 Å². The van der Waals surface area contributed by atoms with Gasteiger partial charge in [-0.25, -0.2) is 0 Å². The van der Waals surface area contributed by atoms with Gasteiger partial charge in [-0.3, -0.25) is 52.7 Å². The van der Waals surface area contributed by atoms with Gasteiger partial charge in [-0.05, 0) is 101 Å². The molecular formula is C67H114N4O12. The first-order valence-electron chi connectivity index (χ1n) is 31.9. The molecule has 4 amide bonds. The highest BCUT2D eigenvalue weighted by molar-refractivity contribution is 5.99. The van der Waals surface area contributed by atoms with Gasteiger partial charge in [-0.1, -0.05) is 141 Å². The van der Waals surface area contributed by atoms with Gasteiger partial charge >= 0.3 is 0 Å². The van der Waals surface area contributed by atoms with Crippen molar-refractivity contribution in [3.8, 4) is 0 Å². The number of rotatable bonds is 15. The van der Waals surface area contributed by atoms with Crippen LogP contribution in [0.2, 0.25) is 0 Å². The minimum Gasteiger partial charge on any atom is -0.392 e. The van der Waals surface area contributed by atoms with Gasteiger partial charge in [0.15, 0.2) is 17.3 Å². The molecule has 1 saturated carbocycles. The first-order valence-corrected chi connectivity index (χ1v) is 31.9. The van der Waals surface area contributed by atoms with E-state index < -0.39 is 131 Å². The van der Waals surface area contributed by atoms with Crippen LogP contribution in [0.4, 0.5) is 0 Å². The minimum atomic E-state index is -1.32. The van der Waals surface area contributed by atoms with Crippen LogP contribution in [-0.4, -0.2) is 99.5 Å². The largest absolute Gasteiger partial charge is 0.392 e. The summed E-state index contributed by atoms with van der Waals surface area (Å²) < 4.78 is 0. The maximum Gasteiger partial charge on any atom is 0.242 e. The number of nitrogens with one attached hydrogen (secondary N) is 4. The lowest BCUT2D eigenvalue weighted by Gasteiger charge is -2.30. The molecule has 0 aromatic rings. The van der Waals surface area contributed by atoms with Crippen molar-refractivity contribution < 1.29 is 57.8 Å². The van der Waals surface area contributed by atoms with Crippen LogP contribution in [0.1, 0.15) is 240 Å². The number of aliphatic hydroxyl groups is 1. The van der Waals surface area contributed by atoms with E-state index in [9.17, 15) is 57.8 Å². The number of ketones is 7. The standard InChI is InChI=1S/C62H104N4O12.C5H10/c1-18-20-21-40(15)58(74)49-33-55(72)48(38(11)12)32-54(71)44(25-35(5)6)30-53(70)43(24-34(3)4)29-52(69)41(16)63-59(75)42(17)64-60(76)46(27-37(9)10)31-56(73)57(39(13)14)66-61(77)45(26-36(7)8)28-47(67)22-23-51(68)50(19-2)65-62(49)78;1-2-4-5-3-1/h18,20,34-46,48-50,57-58,74H,19,21-33H2,1-17H3,(H,63,75)(H,64,76)(H,65,78)(H,66,77);1-5H2/b20-18+;/t40-,41-,42+,43+,44?,45-,46-,48+,49-,50+,57+,58-;/m1./s1. The Kier molecular flexibility index (Phi) is 35.9. The summed E-state index contributed by atoms with van der Waals surface area (Å²) in [7, 11) is 0. The molecule has 16 heteroatoms. The van der Waals surface area contributed by atoms with Crippen molar-refractivity contribution in [2.45, 2.75) is 270 Å². The van der Waals surface area contributed by atoms with Crippen molar-refractivity contribution in [2.24, 2.45) is 76.9 Å². The second kappa shape index (κ2) is 39.1. The monoisotopic (exact) mass is 1170 g/mol. The minimum absolute atomic E-state index is 0.00830. The molecule has 1 unspecified atom stereocenters. The molecular weight excluding hydrogens is 1050 g/mol. The zero-order chi connectivity index (χ0) is 63.4. The summed E-state index contributed by atoms with van der Waals surface area (Å²) in [6.07, 6.45) is 9.66.